The van der Waals surface area contributed by atoms with E-state index in [1.807, 2.05) is 11.9 Å². The first-order valence-corrected chi connectivity index (χ1v) is 6.34. The lowest BCUT2D eigenvalue weighted by atomic mass is 10.3. The Hall–Kier alpha value is -1.14. The van der Waals surface area contributed by atoms with Crippen molar-refractivity contribution in [2.24, 2.45) is 0 Å². The second kappa shape index (κ2) is 4.59. The first kappa shape index (κ1) is 10.4. The summed E-state index contributed by atoms with van der Waals surface area (Å²) in [5.74, 6) is 0. The Bertz CT molecular complexity index is 412. The molecule has 78 valence electrons. The van der Waals surface area contributed by atoms with Crippen molar-refractivity contribution >= 4 is 34.1 Å². The van der Waals surface area contributed by atoms with Gasteiger partial charge >= 0.3 is 0 Å². The molecule has 2 rings (SSSR count). The topological polar surface area (TPSA) is 41.9 Å². The monoisotopic (exact) mass is 238 g/mol. The lowest BCUT2D eigenvalue weighted by Gasteiger charge is -2.14. The fourth-order valence-electron chi connectivity index (χ4n) is 1.17. The molecule has 0 amide bonds. The van der Waals surface area contributed by atoms with Gasteiger partial charge in [0.2, 0.25) is 5.13 Å². The maximum atomic E-state index is 3.91. The molecule has 0 spiro atoms. The van der Waals surface area contributed by atoms with E-state index in [1.165, 1.54) is 16.4 Å². The molecule has 1 heterocycles. The van der Waals surface area contributed by atoms with Gasteiger partial charge < -0.3 is 4.90 Å². The number of nitrogens with zero attached hydrogens (tertiary/aromatic N) is 4. The molecule has 0 atom stereocenters. The van der Waals surface area contributed by atoms with Crippen LogP contribution in [0.5, 0.6) is 0 Å². The van der Waals surface area contributed by atoms with Crippen molar-refractivity contribution in [3.8, 4) is 0 Å². The molecule has 0 aliphatic rings. The maximum absolute atomic E-state index is 3.91. The standard InChI is InChI=1S/C9H10N4S2/c1-13(9-10-11-12-15-9)7-3-5-8(14-2)6-4-7/h3-6H,1-2H3. The minimum Gasteiger partial charge on any atom is -0.318 e. The van der Waals surface area contributed by atoms with E-state index in [2.05, 4.69) is 45.3 Å². The van der Waals surface area contributed by atoms with Gasteiger partial charge in [-0.15, -0.1) is 11.8 Å². The molecular weight excluding hydrogens is 228 g/mol. The van der Waals surface area contributed by atoms with Crippen molar-refractivity contribution in [1.82, 2.24) is 14.8 Å². The normalized spacial score (nSPS) is 10.3. The summed E-state index contributed by atoms with van der Waals surface area (Å²) in [6.45, 7) is 0. The van der Waals surface area contributed by atoms with E-state index in [4.69, 9.17) is 0 Å². The lowest BCUT2D eigenvalue weighted by molar-refractivity contribution is 0.944. The highest BCUT2D eigenvalue weighted by Gasteiger charge is 2.07. The van der Waals surface area contributed by atoms with E-state index >= 15 is 0 Å². The van der Waals surface area contributed by atoms with Crippen LogP contribution in [0.4, 0.5) is 10.8 Å². The average Bonchev–Trinajstić information content (AvgIpc) is 2.82. The lowest BCUT2D eigenvalue weighted by Crippen LogP contribution is -2.08. The van der Waals surface area contributed by atoms with Gasteiger partial charge in [-0.1, -0.05) is 9.59 Å². The van der Waals surface area contributed by atoms with E-state index in [1.54, 1.807) is 11.8 Å². The van der Waals surface area contributed by atoms with Gasteiger partial charge in [-0.05, 0) is 35.7 Å². The van der Waals surface area contributed by atoms with Gasteiger partial charge in [0.25, 0.3) is 0 Å². The zero-order valence-corrected chi connectivity index (χ0v) is 10.0. The summed E-state index contributed by atoms with van der Waals surface area (Å²) in [4.78, 5) is 3.22. The predicted molar refractivity (Wildman–Crippen MR) is 64.0 cm³/mol. The SMILES string of the molecule is CSc1ccc(N(C)c2nnns2)cc1. The van der Waals surface area contributed by atoms with E-state index in [0.29, 0.717) is 0 Å². The first-order valence-electron chi connectivity index (χ1n) is 4.34. The zero-order valence-electron chi connectivity index (χ0n) is 8.41. The highest BCUT2D eigenvalue weighted by atomic mass is 32.2. The molecule has 0 aliphatic heterocycles. The maximum Gasteiger partial charge on any atom is 0.232 e. The molecule has 15 heavy (non-hydrogen) atoms. The molecule has 0 N–H and O–H groups in total. The van der Waals surface area contributed by atoms with Gasteiger partial charge in [-0.25, -0.2) is 0 Å². The minimum absolute atomic E-state index is 0.798. The Balaban J connectivity index is 2.22. The van der Waals surface area contributed by atoms with Crippen molar-refractivity contribution in [2.45, 2.75) is 4.90 Å². The average molecular weight is 238 g/mol. The van der Waals surface area contributed by atoms with Gasteiger partial charge in [0.15, 0.2) is 0 Å². The van der Waals surface area contributed by atoms with Crippen LogP contribution >= 0.6 is 23.3 Å². The van der Waals surface area contributed by atoms with E-state index < -0.39 is 0 Å². The highest BCUT2D eigenvalue weighted by Crippen LogP contribution is 2.25. The van der Waals surface area contributed by atoms with Crippen molar-refractivity contribution in [2.75, 3.05) is 18.2 Å². The molecule has 1 aromatic carbocycles. The molecular formula is C9H10N4S2. The summed E-state index contributed by atoms with van der Waals surface area (Å²) in [5.41, 5.74) is 1.09. The summed E-state index contributed by atoms with van der Waals surface area (Å²) in [6, 6.07) is 8.30. The molecule has 0 unspecified atom stereocenters. The quantitative estimate of drug-likeness (QED) is 0.768. The summed E-state index contributed by atoms with van der Waals surface area (Å²) in [5, 5.41) is 8.29. The number of thioether (sulfide) groups is 1. The second-order valence-electron chi connectivity index (χ2n) is 2.90. The van der Waals surface area contributed by atoms with Crippen LogP contribution in [0.3, 0.4) is 0 Å². The fraction of sp³-hybridized carbons (Fsp3) is 0.222. The summed E-state index contributed by atoms with van der Waals surface area (Å²) in [6.07, 6.45) is 2.06. The van der Waals surface area contributed by atoms with Crippen LogP contribution in [-0.2, 0) is 0 Å². The predicted octanol–water partition coefficient (Wildman–Crippen LogP) is 2.42. The van der Waals surface area contributed by atoms with Gasteiger partial charge in [0.05, 0.1) is 0 Å². The van der Waals surface area contributed by atoms with Crippen molar-refractivity contribution in [3.05, 3.63) is 24.3 Å². The Morgan fingerprint density at radius 1 is 1.27 bits per heavy atom. The number of anilines is 2. The molecule has 0 bridgehead atoms. The number of rotatable bonds is 3. The van der Waals surface area contributed by atoms with Gasteiger partial charge in [0.1, 0.15) is 0 Å². The fourth-order valence-corrected chi connectivity index (χ4v) is 2.03. The Morgan fingerprint density at radius 3 is 2.53 bits per heavy atom. The Morgan fingerprint density at radius 2 is 2.00 bits per heavy atom. The van der Waals surface area contributed by atoms with Crippen molar-refractivity contribution in [3.63, 3.8) is 0 Å². The van der Waals surface area contributed by atoms with Gasteiger partial charge in [0, 0.05) is 29.2 Å². The van der Waals surface area contributed by atoms with Crippen LogP contribution in [0.25, 0.3) is 0 Å². The molecule has 0 saturated carbocycles. The molecule has 0 radical (unpaired) electrons. The van der Waals surface area contributed by atoms with Crippen LogP contribution in [0, 0.1) is 0 Å². The zero-order chi connectivity index (χ0) is 10.7. The molecule has 0 aliphatic carbocycles. The van der Waals surface area contributed by atoms with Crippen LogP contribution in [0.2, 0.25) is 0 Å². The van der Waals surface area contributed by atoms with E-state index in [9.17, 15) is 0 Å². The van der Waals surface area contributed by atoms with Crippen LogP contribution in [0.1, 0.15) is 0 Å². The Kier molecular flexibility index (Phi) is 3.17. The number of hydrogen-bond acceptors (Lipinski definition) is 6. The first-order chi connectivity index (χ1) is 7.31. The highest BCUT2D eigenvalue weighted by molar-refractivity contribution is 7.98. The molecule has 0 saturated heterocycles. The second-order valence-corrected chi connectivity index (χ2v) is 4.49. The van der Waals surface area contributed by atoms with Crippen LogP contribution in [-0.4, -0.2) is 28.1 Å². The van der Waals surface area contributed by atoms with E-state index in [0.717, 1.165) is 10.8 Å². The molecule has 6 heteroatoms. The number of hydrogen-bond donors (Lipinski definition) is 0. The molecule has 1 aromatic heterocycles. The summed E-state index contributed by atoms with van der Waals surface area (Å²) in [7, 11) is 1.95. The summed E-state index contributed by atoms with van der Waals surface area (Å²) >= 11 is 3.01. The molecule has 2 aromatic rings. The molecule has 4 nitrogen and oxygen atoms in total. The summed E-state index contributed by atoms with van der Waals surface area (Å²) < 4.78 is 3.74. The number of aromatic nitrogens is 3. The van der Waals surface area contributed by atoms with E-state index in [-0.39, 0.29) is 0 Å². The van der Waals surface area contributed by atoms with Gasteiger partial charge in [-0.2, -0.15) is 0 Å². The molecule has 0 fully saturated rings. The minimum atomic E-state index is 0.798. The van der Waals surface area contributed by atoms with Gasteiger partial charge in [-0.3, -0.25) is 0 Å². The van der Waals surface area contributed by atoms with Crippen molar-refractivity contribution in [1.29, 1.82) is 0 Å². The smallest absolute Gasteiger partial charge is 0.232 e. The third-order valence-electron chi connectivity index (χ3n) is 2.04. The van der Waals surface area contributed by atoms with Crippen molar-refractivity contribution < 1.29 is 0 Å². The van der Waals surface area contributed by atoms with Crippen LogP contribution in [0.15, 0.2) is 29.2 Å². The largest absolute Gasteiger partial charge is 0.318 e. The third-order valence-corrected chi connectivity index (χ3v) is 3.45. The third kappa shape index (κ3) is 2.27. The number of benzene rings is 1. The van der Waals surface area contributed by atoms with Crippen LogP contribution < -0.4 is 4.90 Å². The Labute approximate surface area is 96.5 Å².